The van der Waals surface area contributed by atoms with Gasteiger partial charge in [0, 0.05) is 12.0 Å². The van der Waals surface area contributed by atoms with E-state index in [1.807, 2.05) is 4.90 Å². The van der Waals surface area contributed by atoms with Gasteiger partial charge in [-0.3, -0.25) is 4.79 Å². The maximum atomic E-state index is 12.0. The zero-order valence-electron chi connectivity index (χ0n) is 16.3. The Morgan fingerprint density at radius 3 is 2.46 bits per heavy atom. The molecule has 1 saturated heterocycles. The lowest BCUT2D eigenvalue weighted by atomic mass is 9.61. The molecule has 1 heterocycles. The van der Waals surface area contributed by atoms with Crippen molar-refractivity contribution < 1.29 is 9.90 Å². The van der Waals surface area contributed by atoms with Crippen molar-refractivity contribution in [1.29, 1.82) is 0 Å². The number of nitrogens with zero attached hydrogens (tertiary/aromatic N) is 1. The lowest BCUT2D eigenvalue weighted by Crippen LogP contribution is -2.46. The smallest absolute Gasteiger partial charge is 0.225 e. The Morgan fingerprint density at radius 2 is 1.92 bits per heavy atom. The molecule has 0 bridgehead atoms. The number of carbonyl (C=O) groups is 1. The second-order valence-corrected chi connectivity index (χ2v) is 8.06. The van der Waals surface area contributed by atoms with Gasteiger partial charge < -0.3 is 10.0 Å². The van der Waals surface area contributed by atoms with Gasteiger partial charge in [-0.15, -0.1) is 0 Å². The molecule has 3 rings (SSSR count). The highest BCUT2D eigenvalue weighted by molar-refractivity contribution is 5.83. The van der Waals surface area contributed by atoms with Crippen molar-refractivity contribution in [3.8, 4) is 0 Å². The molecule has 1 aromatic rings. The predicted octanol–water partition coefficient (Wildman–Crippen LogP) is 5.32. The van der Waals surface area contributed by atoms with Crippen molar-refractivity contribution in [3.05, 3.63) is 47.5 Å². The highest BCUT2D eigenvalue weighted by atomic mass is 16.3. The molecule has 1 aliphatic heterocycles. The molecule has 1 unspecified atom stereocenters. The average molecular weight is 356 g/mol. The molecular weight excluding hydrogens is 322 g/mol. The number of allylic oxidation sites excluding steroid dienone is 1. The van der Waals surface area contributed by atoms with E-state index in [-0.39, 0.29) is 23.5 Å². The van der Waals surface area contributed by atoms with Crippen molar-refractivity contribution in [2.24, 2.45) is 5.41 Å². The molecular formula is C23H33NO2. The molecule has 1 N–H and O–H groups in total. The van der Waals surface area contributed by atoms with E-state index in [4.69, 9.17) is 0 Å². The Morgan fingerprint density at radius 1 is 1.19 bits per heavy atom. The molecule has 0 spiro atoms. The fourth-order valence-corrected chi connectivity index (χ4v) is 4.50. The zero-order valence-corrected chi connectivity index (χ0v) is 16.3. The predicted molar refractivity (Wildman–Crippen MR) is 106 cm³/mol. The number of benzene rings is 1. The van der Waals surface area contributed by atoms with Gasteiger partial charge in [0.25, 0.3) is 0 Å². The van der Waals surface area contributed by atoms with Crippen molar-refractivity contribution in [1.82, 2.24) is 4.90 Å². The summed E-state index contributed by atoms with van der Waals surface area (Å²) in [4.78, 5) is 13.9. The molecule has 2 atom stereocenters. The van der Waals surface area contributed by atoms with Crippen LogP contribution < -0.4 is 0 Å². The minimum Gasteiger partial charge on any atom is -0.388 e. The van der Waals surface area contributed by atoms with Crippen LogP contribution in [0, 0.1) is 5.41 Å². The van der Waals surface area contributed by atoms with Crippen LogP contribution in [-0.4, -0.2) is 22.5 Å². The third-order valence-electron chi connectivity index (χ3n) is 6.30. The molecule has 3 heteroatoms. The quantitative estimate of drug-likeness (QED) is 0.481. The summed E-state index contributed by atoms with van der Waals surface area (Å²) in [5.74, 6) is 0.233. The van der Waals surface area contributed by atoms with Gasteiger partial charge >= 0.3 is 0 Å². The Kier molecular flexibility index (Phi) is 6.18. The lowest BCUT2D eigenvalue weighted by Gasteiger charge is -2.46. The Labute approximate surface area is 158 Å². The van der Waals surface area contributed by atoms with E-state index in [2.05, 4.69) is 50.3 Å². The summed E-state index contributed by atoms with van der Waals surface area (Å²) in [5, 5.41) is 10.9. The number of amides is 1. The summed E-state index contributed by atoms with van der Waals surface area (Å²) in [6, 6.07) is 8.55. The number of aliphatic hydroxyl groups is 1. The summed E-state index contributed by atoms with van der Waals surface area (Å²) in [7, 11) is 0. The number of carbonyl (C=O) groups excluding carboxylic acids is 1. The third kappa shape index (κ3) is 3.73. The van der Waals surface area contributed by atoms with Crippen molar-refractivity contribution >= 4 is 5.91 Å². The fraction of sp³-hybridized carbons (Fsp3) is 0.609. The number of rotatable bonds is 9. The molecule has 0 radical (unpaired) electrons. The first kappa shape index (κ1) is 19.2. The first-order chi connectivity index (χ1) is 12.6. The molecule has 1 aliphatic carbocycles. The highest BCUT2D eigenvalue weighted by Crippen LogP contribution is 2.53. The fourth-order valence-electron chi connectivity index (χ4n) is 4.50. The standard InChI is InChI=1S/C23H33NO2/c1-3-5-6-7-16-24-20(17-21(24)25)18-9-11-19(12-10-18)22(26)23(13-4-2)14-8-15-23/h6-7,9-12,20,22,26H,3-5,8,13-17H2,1-2H3/t20-,22?/m1/s1. The van der Waals surface area contributed by atoms with Crippen LogP contribution in [-0.2, 0) is 4.79 Å². The zero-order chi connectivity index (χ0) is 18.6. The van der Waals surface area contributed by atoms with E-state index in [9.17, 15) is 9.90 Å². The van der Waals surface area contributed by atoms with Gasteiger partial charge in [0.15, 0.2) is 0 Å². The van der Waals surface area contributed by atoms with Crippen molar-refractivity contribution in [2.45, 2.75) is 77.4 Å². The van der Waals surface area contributed by atoms with Crippen LogP contribution in [0.3, 0.4) is 0 Å². The molecule has 2 aliphatic rings. The van der Waals surface area contributed by atoms with Gasteiger partial charge in [-0.05, 0) is 36.8 Å². The van der Waals surface area contributed by atoms with Gasteiger partial charge in [-0.25, -0.2) is 0 Å². The number of aliphatic hydroxyl groups excluding tert-OH is 1. The Bertz CT molecular complexity index is 630. The maximum absolute atomic E-state index is 12.0. The lowest BCUT2D eigenvalue weighted by molar-refractivity contribution is -0.145. The number of hydrogen-bond donors (Lipinski definition) is 1. The van der Waals surface area contributed by atoms with Gasteiger partial charge in [-0.2, -0.15) is 0 Å². The highest BCUT2D eigenvalue weighted by Gasteiger charge is 2.43. The molecule has 2 fully saturated rings. The van der Waals surface area contributed by atoms with E-state index in [0.29, 0.717) is 13.0 Å². The second-order valence-electron chi connectivity index (χ2n) is 8.06. The Hall–Kier alpha value is -1.61. The molecule has 3 nitrogen and oxygen atoms in total. The first-order valence-electron chi connectivity index (χ1n) is 10.3. The number of β-lactam (4-membered cyclic amide) rings is 1. The van der Waals surface area contributed by atoms with Crippen LogP contribution >= 0.6 is 0 Å². The first-order valence-corrected chi connectivity index (χ1v) is 10.3. The monoisotopic (exact) mass is 355 g/mol. The van der Waals surface area contributed by atoms with Crippen LogP contribution in [0.5, 0.6) is 0 Å². The topological polar surface area (TPSA) is 40.5 Å². The van der Waals surface area contributed by atoms with Crippen LogP contribution in [0.2, 0.25) is 0 Å². The van der Waals surface area contributed by atoms with Gasteiger partial charge in [0.1, 0.15) is 0 Å². The molecule has 1 saturated carbocycles. The average Bonchev–Trinajstić information content (AvgIpc) is 2.62. The van der Waals surface area contributed by atoms with E-state index in [1.54, 1.807) is 0 Å². The minimum absolute atomic E-state index is 0.0960. The molecule has 1 amide bonds. The van der Waals surface area contributed by atoms with Crippen LogP contribution in [0.15, 0.2) is 36.4 Å². The SMILES string of the molecule is CCCC=CCN1C(=O)C[C@@H]1c1ccc(C(O)C2(CCC)CCC2)cc1. The van der Waals surface area contributed by atoms with Crippen molar-refractivity contribution in [3.63, 3.8) is 0 Å². The summed E-state index contributed by atoms with van der Waals surface area (Å²) in [5.41, 5.74) is 2.31. The van der Waals surface area contributed by atoms with Crippen LogP contribution in [0.1, 0.15) is 88.5 Å². The number of unbranched alkanes of at least 4 members (excludes halogenated alkanes) is 1. The Balaban J connectivity index is 1.65. The summed E-state index contributed by atoms with van der Waals surface area (Å²) >= 11 is 0. The maximum Gasteiger partial charge on any atom is 0.225 e. The third-order valence-corrected chi connectivity index (χ3v) is 6.30. The number of likely N-dealkylation sites (tertiary alicyclic amines) is 1. The summed E-state index contributed by atoms with van der Waals surface area (Å²) in [6.45, 7) is 5.06. The molecule has 1 aromatic carbocycles. The summed E-state index contributed by atoms with van der Waals surface area (Å²) < 4.78 is 0. The molecule has 142 valence electrons. The van der Waals surface area contributed by atoms with E-state index < -0.39 is 0 Å². The van der Waals surface area contributed by atoms with Crippen molar-refractivity contribution in [2.75, 3.05) is 6.54 Å². The van der Waals surface area contributed by atoms with Gasteiger partial charge in [-0.1, -0.05) is 69.5 Å². The second kappa shape index (κ2) is 8.39. The van der Waals surface area contributed by atoms with Crippen LogP contribution in [0.25, 0.3) is 0 Å². The van der Waals surface area contributed by atoms with Gasteiger partial charge in [0.05, 0.1) is 18.6 Å². The summed E-state index contributed by atoms with van der Waals surface area (Å²) in [6.07, 6.45) is 12.5. The number of hydrogen-bond acceptors (Lipinski definition) is 2. The normalized spacial score (nSPS) is 23.0. The van der Waals surface area contributed by atoms with E-state index >= 15 is 0 Å². The van der Waals surface area contributed by atoms with Gasteiger partial charge in [0.2, 0.25) is 5.91 Å². The van der Waals surface area contributed by atoms with Crippen LogP contribution in [0.4, 0.5) is 0 Å². The largest absolute Gasteiger partial charge is 0.388 e. The molecule has 0 aromatic heterocycles. The molecule has 26 heavy (non-hydrogen) atoms. The van der Waals surface area contributed by atoms with E-state index in [0.717, 1.165) is 44.1 Å². The van der Waals surface area contributed by atoms with E-state index in [1.165, 1.54) is 12.0 Å². The minimum atomic E-state index is -0.360.